The van der Waals surface area contributed by atoms with Crippen molar-refractivity contribution < 1.29 is 13.2 Å². The van der Waals surface area contributed by atoms with E-state index in [1.165, 1.54) is 6.07 Å². The third kappa shape index (κ3) is 4.40. The van der Waals surface area contributed by atoms with Crippen molar-refractivity contribution in [1.29, 1.82) is 0 Å². The Balaban J connectivity index is 2.18. The first-order valence-corrected chi connectivity index (χ1v) is 8.63. The first-order chi connectivity index (χ1) is 10.8. The molecule has 7 nitrogen and oxygen atoms in total. The van der Waals surface area contributed by atoms with Crippen LogP contribution in [0.1, 0.15) is 17.0 Å². The number of carbonyl (C=O) groups is 1. The fourth-order valence-corrected chi connectivity index (χ4v) is 3.42. The maximum absolute atomic E-state index is 12.3. The smallest absolute Gasteiger partial charge is 0.275 e. The number of benzene rings is 1. The summed E-state index contributed by atoms with van der Waals surface area (Å²) in [5.74, 6) is 0.0413. The maximum Gasteiger partial charge on any atom is 0.335 e. The van der Waals surface area contributed by atoms with Gasteiger partial charge in [-0.3, -0.25) is 5.32 Å². The van der Waals surface area contributed by atoms with Crippen LogP contribution in [0.25, 0.3) is 0 Å². The molecule has 0 bridgehead atoms. The summed E-state index contributed by atoms with van der Waals surface area (Å²) in [5.41, 5.74) is 1.71. The number of hydrogen-bond donors (Lipinski definition) is 2. The zero-order valence-corrected chi connectivity index (χ0v) is 14.1. The summed E-state index contributed by atoms with van der Waals surface area (Å²) in [6.07, 6.45) is 0. The molecular formula is C14H15ClN4O3S. The molecule has 9 heteroatoms. The Morgan fingerprint density at radius 1 is 1.17 bits per heavy atom. The highest BCUT2D eigenvalue weighted by Gasteiger charge is 2.21. The third-order valence-corrected chi connectivity index (χ3v) is 4.56. The number of sulfonamides is 1. The number of alkyl halides is 1. The third-order valence-electron chi connectivity index (χ3n) is 2.84. The summed E-state index contributed by atoms with van der Waals surface area (Å²) >= 11 is 5.73. The van der Waals surface area contributed by atoms with Gasteiger partial charge in [0, 0.05) is 17.3 Å². The van der Waals surface area contributed by atoms with Crippen molar-refractivity contribution in [2.45, 2.75) is 24.6 Å². The largest absolute Gasteiger partial charge is 0.335 e. The van der Waals surface area contributed by atoms with Crippen LogP contribution in [0.15, 0.2) is 35.2 Å². The predicted octanol–water partition coefficient (Wildman–Crippen LogP) is 2.34. The lowest BCUT2D eigenvalue weighted by Gasteiger charge is -2.10. The maximum atomic E-state index is 12.3. The Kier molecular flexibility index (Phi) is 5.17. The molecule has 1 aromatic heterocycles. The topological polar surface area (TPSA) is 101 Å². The van der Waals surface area contributed by atoms with Crippen LogP contribution in [0, 0.1) is 13.8 Å². The Morgan fingerprint density at radius 2 is 1.78 bits per heavy atom. The van der Waals surface area contributed by atoms with E-state index in [1.54, 1.807) is 38.1 Å². The Bertz CT molecular complexity index is 819. The fourth-order valence-electron chi connectivity index (χ4n) is 1.96. The molecule has 0 fully saturated rings. The molecular weight excluding hydrogens is 340 g/mol. The van der Waals surface area contributed by atoms with Crippen LogP contribution in [0.2, 0.25) is 0 Å². The normalized spacial score (nSPS) is 11.1. The van der Waals surface area contributed by atoms with Crippen LogP contribution in [-0.4, -0.2) is 24.4 Å². The minimum atomic E-state index is -4.04. The van der Waals surface area contributed by atoms with Crippen molar-refractivity contribution in [2.75, 3.05) is 5.32 Å². The molecule has 1 heterocycles. The second kappa shape index (κ2) is 6.93. The second-order valence-corrected chi connectivity index (χ2v) is 6.69. The van der Waals surface area contributed by atoms with E-state index in [0.29, 0.717) is 17.0 Å². The van der Waals surface area contributed by atoms with Crippen molar-refractivity contribution >= 4 is 33.6 Å². The SMILES string of the molecule is Cc1cc(C)nc(NC(=O)NS(=O)(=O)c2ccccc2CCl)n1. The van der Waals surface area contributed by atoms with Gasteiger partial charge in [-0.2, -0.15) is 0 Å². The Hall–Kier alpha value is -2.19. The van der Waals surface area contributed by atoms with E-state index in [1.807, 2.05) is 4.72 Å². The molecule has 2 amide bonds. The number of aromatic nitrogens is 2. The summed E-state index contributed by atoms with van der Waals surface area (Å²) < 4.78 is 26.5. The molecule has 23 heavy (non-hydrogen) atoms. The molecule has 0 saturated heterocycles. The van der Waals surface area contributed by atoms with Gasteiger partial charge in [0.2, 0.25) is 5.95 Å². The van der Waals surface area contributed by atoms with Gasteiger partial charge in [-0.25, -0.2) is 27.9 Å². The zero-order valence-electron chi connectivity index (χ0n) is 12.5. The second-order valence-electron chi connectivity index (χ2n) is 4.78. The first-order valence-electron chi connectivity index (χ1n) is 6.62. The summed E-state index contributed by atoms with van der Waals surface area (Å²) in [6, 6.07) is 6.96. The molecule has 2 aromatic rings. The Labute approximate surface area is 139 Å². The van der Waals surface area contributed by atoms with Crippen LogP contribution in [0.3, 0.4) is 0 Å². The van der Waals surface area contributed by atoms with Gasteiger partial charge in [-0.15, -0.1) is 11.6 Å². The van der Waals surface area contributed by atoms with Crippen molar-refractivity contribution in [1.82, 2.24) is 14.7 Å². The number of aryl methyl sites for hydroxylation is 2. The van der Waals surface area contributed by atoms with Gasteiger partial charge in [0.1, 0.15) is 0 Å². The number of halogens is 1. The molecule has 0 atom stereocenters. The van der Waals surface area contributed by atoms with Gasteiger partial charge >= 0.3 is 6.03 Å². The molecule has 0 aliphatic heterocycles. The highest BCUT2D eigenvalue weighted by molar-refractivity contribution is 7.90. The van der Waals surface area contributed by atoms with Gasteiger partial charge < -0.3 is 0 Å². The van der Waals surface area contributed by atoms with Gasteiger partial charge in [-0.05, 0) is 31.5 Å². The first kappa shape index (κ1) is 17.2. The molecule has 0 unspecified atom stereocenters. The van der Waals surface area contributed by atoms with Gasteiger partial charge in [0.25, 0.3) is 10.0 Å². The molecule has 2 rings (SSSR count). The summed E-state index contributed by atoms with van der Waals surface area (Å²) in [7, 11) is -4.04. The van der Waals surface area contributed by atoms with E-state index in [9.17, 15) is 13.2 Å². The number of hydrogen-bond acceptors (Lipinski definition) is 5. The standard InChI is InChI=1S/C14H15ClN4O3S/c1-9-7-10(2)17-13(16-9)18-14(20)19-23(21,22)12-6-4-3-5-11(12)8-15/h3-7H,8H2,1-2H3,(H2,16,17,18,19,20). The lowest BCUT2D eigenvalue weighted by molar-refractivity contribution is 0.256. The molecule has 0 aliphatic carbocycles. The molecule has 1 aromatic carbocycles. The minimum absolute atomic E-state index is 0.0128. The van der Waals surface area contributed by atoms with Gasteiger partial charge in [0.15, 0.2) is 0 Å². The summed E-state index contributed by atoms with van der Waals surface area (Å²) in [6.45, 7) is 3.48. The quantitative estimate of drug-likeness (QED) is 0.820. The van der Waals surface area contributed by atoms with Gasteiger partial charge in [0.05, 0.1) is 4.90 Å². The number of rotatable bonds is 4. The lowest BCUT2D eigenvalue weighted by Crippen LogP contribution is -2.35. The monoisotopic (exact) mass is 354 g/mol. The van der Waals surface area contributed by atoms with Crippen molar-refractivity contribution in [2.24, 2.45) is 0 Å². The summed E-state index contributed by atoms with van der Waals surface area (Å²) in [4.78, 5) is 19.9. The average molecular weight is 355 g/mol. The molecule has 2 N–H and O–H groups in total. The van der Waals surface area contributed by atoms with Crippen LogP contribution in [0.4, 0.5) is 10.7 Å². The number of urea groups is 1. The van der Waals surface area contributed by atoms with Crippen LogP contribution < -0.4 is 10.0 Å². The van der Waals surface area contributed by atoms with Crippen molar-refractivity contribution in [3.63, 3.8) is 0 Å². The number of nitrogens with one attached hydrogen (secondary N) is 2. The lowest BCUT2D eigenvalue weighted by atomic mass is 10.2. The highest BCUT2D eigenvalue weighted by Crippen LogP contribution is 2.17. The van der Waals surface area contributed by atoms with E-state index < -0.39 is 16.1 Å². The minimum Gasteiger partial charge on any atom is -0.275 e. The number of anilines is 1. The van der Waals surface area contributed by atoms with E-state index in [0.717, 1.165) is 0 Å². The number of carbonyl (C=O) groups excluding carboxylic acids is 1. The van der Waals surface area contributed by atoms with Crippen LogP contribution >= 0.6 is 11.6 Å². The Morgan fingerprint density at radius 3 is 2.39 bits per heavy atom. The van der Waals surface area contributed by atoms with E-state index in [-0.39, 0.29) is 16.7 Å². The molecule has 0 aliphatic rings. The molecule has 122 valence electrons. The number of amides is 2. The van der Waals surface area contributed by atoms with Crippen LogP contribution in [0.5, 0.6) is 0 Å². The fraction of sp³-hybridized carbons (Fsp3) is 0.214. The van der Waals surface area contributed by atoms with Crippen LogP contribution in [-0.2, 0) is 15.9 Å². The van der Waals surface area contributed by atoms with E-state index >= 15 is 0 Å². The molecule has 0 spiro atoms. The molecule has 0 saturated carbocycles. The molecule has 0 radical (unpaired) electrons. The van der Waals surface area contributed by atoms with E-state index in [2.05, 4.69) is 15.3 Å². The van der Waals surface area contributed by atoms with Crippen molar-refractivity contribution in [3.05, 3.63) is 47.3 Å². The van der Waals surface area contributed by atoms with Crippen molar-refractivity contribution in [3.8, 4) is 0 Å². The summed E-state index contributed by atoms with van der Waals surface area (Å²) in [5, 5.41) is 2.30. The predicted molar refractivity (Wildman–Crippen MR) is 86.8 cm³/mol. The average Bonchev–Trinajstić information content (AvgIpc) is 2.45. The van der Waals surface area contributed by atoms with Gasteiger partial charge in [-0.1, -0.05) is 18.2 Å². The van der Waals surface area contributed by atoms with E-state index in [4.69, 9.17) is 11.6 Å². The zero-order chi connectivity index (χ0) is 17.0. The number of nitrogens with zero attached hydrogens (tertiary/aromatic N) is 2. The highest BCUT2D eigenvalue weighted by atomic mass is 35.5.